The number of carbonyl (C=O) groups excluding carboxylic acids is 2. The molecule has 0 bridgehead atoms. The number of carbonyl (C=O) groups is 2. The molecule has 0 radical (unpaired) electrons. The maximum absolute atomic E-state index is 11.6. The Morgan fingerprint density at radius 2 is 1.81 bits per heavy atom. The maximum atomic E-state index is 11.6. The minimum Gasteiger partial charge on any atom is -0.497 e. The molecule has 1 aromatic rings. The maximum Gasteiger partial charge on any atom is 0.322 e. The standard InChI is InChI=1S/C11H12N2O3/c1-11(9(14)12-10(15)13-11)7-3-5-8(16-2)6-4-7/h3-6H,1-2H3,(H2,12,13,14,15). The third-order valence-corrected chi connectivity index (χ3v) is 2.71. The molecule has 0 spiro atoms. The first-order valence-electron chi connectivity index (χ1n) is 4.84. The summed E-state index contributed by atoms with van der Waals surface area (Å²) in [4.78, 5) is 22.7. The number of rotatable bonds is 2. The number of methoxy groups -OCH3 is 1. The molecule has 5 heteroatoms. The number of urea groups is 1. The molecule has 5 nitrogen and oxygen atoms in total. The van der Waals surface area contributed by atoms with E-state index in [4.69, 9.17) is 4.74 Å². The SMILES string of the molecule is COc1ccc(C2(C)NC(=O)NC2=O)cc1. The van der Waals surface area contributed by atoms with Crippen molar-refractivity contribution in [2.24, 2.45) is 0 Å². The molecule has 0 saturated carbocycles. The summed E-state index contributed by atoms with van der Waals surface area (Å²) in [6.45, 7) is 1.66. The van der Waals surface area contributed by atoms with Gasteiger partial charge in [-0.3, -0.25) is 10.1 Å². The predicted octanol–water partition coefficient (Wildman–Crippen LogP) is 0.750. The molecular formula is C11H12N2O3. The predicted molar refractivity (Wildman–Crippen MR) is 57.0 cm³/mol. The number of amides is 3. The second-order valence-corrected chi connectivity index (χ2v) is 3.76. The highest BCUT2D eigenvalue weighted by molar-refractivity contribution is 6.07. The van der Waals surface area contributed by atoms with Crippen molar-refractivity contribution in [1.29, 1.82) is 0 Å². The van der Waals surface area contributed by atoms with Gasteiger partial charge in [0.15, 0.2) is 0 Å². The van der Waals surface area contributed by atoms with Gasteiger partial charge in [-0.15, -0.1) is 0 Å². The van der Waals surface area contributed by atoms with Gasteiger partial charge in [0.05, 0.1) is 7.11 Å². The average Bonchev–Trinajstić information content (AvgIpc) is 2.54. The van der Waals surface area contributed by atoms with E-state index >= 15 is 0 Å². The van der Waals surface area contributed by atoms with Crippen LogP contribution in [0.1, 0.15) is 12.5 Å². The van der Waals surface area contributed by atoms with Gasteiger partial charge in [0.25, 0.3) is 5.91 Å². The summed E-state index contributed by atoms with van der Waals surface area (Å²) in [5.74, 6) is 0.361. The summed E-state index contributed by atoms with van der Waals surface area (Å²) >= 11 is 0. The molecule has 1 unspecified atom stereocenters. The van der Waals surface area contributed by atoms with Crippen molar-refractivity contribution in [2.45, 2.75) is 12.5 Å². The highest BCUT2D eigenvalue weighted by Crippen LogP contribution is 2.25. The van der Waals surface area contributed by atoms with E-state index in [1.54, 1.807) is 38.3 Å². The number of hydrogen-bond donors (Lipinski definition) is 2. The molecule has 2 rings (SSSR count). The number of ether oxygens (including phenoxy) is 1. The third kappa shape index (κ3) is 1.50. The van der Waals surface area contributed by atoms with Crippen molar-refractivity contribution in [3.63, 3.8) is 0 Å². The van der Waals surface area contributed by atoms with Crippen LogP contribution < -0.4 is 15.4 Å². The van der Waals surface area contributed by atoms with Crippen LogP contribution in [0.2, 0.25) is 0 Å². The summed E-state index contributed by atoms with van der Waals surface area (Å²) < 4.78 is 5.02. The molecule has 1 fully saturated rings. The molecule has 1 saturated heterocycles. The second-order valence-electron chi connectivity index (χ2n) is 3.76. The van der Waals surface area contributed by atoms with Crippen molar-refractivity contribution in [3.8, 4) is 5.75 Å². The smallest absolute Gasteiger partial charge is 0.322 e. The lowest BCUT2D eigenvalue weighted by Crippen LogP contribution is -2.40. The minimum absolute atomic E-state index is 0.345. The van der Waals surface area contributed by atoms with Crippen LogP contribution in [-0.2, 0) is 10.3 Å². The molecule has 1 aromatic carbocycles. The van der Waals surface area contributed by atoms with E-state index < -0.39 is 11.6 Å². The molecule has 1 atom stereocenters. The summed E-state index contributed by atoms with van der Waals surface area (Å²) in [6.07, 6.45) is 0. The lowest BCUT2D eigenvalue weighted by molar-refractivity contribution is -0.123. The van der Waals surface area contributed by atoms with Gasteiger partial charge in [-0.1, -0.05) is 12.1 Å². The first-order valence-corrected chi connectivity index (χ1v) is 4.84. The normalized spacial score (nSPS) is 23.9. The molecule has 16 heavy (non-hydrogen) atoms. The minimum atomic E-state index is -0.997. The van der Waals surface area contributed by atoms with Crippen LogP contribution in [0.15, 0.2) is 24.3 Å². The molecule has 1 aliphatic rings. The monoisotopic (exact) mass is 220 g/mol. The molecule has 1 aliphatic heterocycles. The molecule has 0 aromatic heterocycles. The van der Waals surface area contributed by atoms with E-state index in [0.29, 0.717) is 5.75 Å². The summed E-state index contributed by atoms with van der Waals surface area (Å²) in [5, 5.41) is 4.81. The lowest BCUT2D eigenvalue weighted by Gasteiger charge is -2.21. The van der Waals surface area contributed by atoms with Crippen LogP contribution >= 0.6 is 0 Å². The van der Waals surface area contributed by atoms with Crippen molar-refractivity contribution in [2.75, 3.05) is 7.11 Å². The number of hydrogen-bond acceptors (Lipinski definition) is 3. The Hall–Kier alpha value is -2.04. The number of imide groups is 1. The van der Waals surface area contributed by atoms with Crippen LogP contribution in [0.5, 0.6) is 5.75 Å². The van der Waals surface area contributed by atoms with E-state index in [1.165, 1.54) is 0 Å². The number of nitrogens with one attached hydrogen (secondary N) is 2. The van der Waals surface area contributed by atoms with Gasteiger partial charge in [-0.25, -0.2) is 4.79 Å². The Morgan fingerprint density at radius 3 is 2.25 bits per heavy atom. The van der Waals surface area contributed by atoms with Gasteiger partial charge < -0.3 is 10.1 Å². The van der Waals surface area contributed by atoms with E-state index in [1.807, 2.05) is 0 Å². The summed E-state index contributed by atoms with van der Waals surface area (Å²) in [6, 6.07) is 6.54. The number of benzene rings is 1. The van der Waals surface area contributed by atoms with Gasteiger partial charge in [-0.2, -0.15) is 0 Å². The third-order valence-electron chi connectivity index (χ3n) is 2.71. The zero-order valence-electron chi connectivity index (χ0n) is 9.03. The molecule has 2 N–H and O–H groups in total. The van der Waals surface area contributed by atoms with Crippen molar-refractivity contribution in [3.05, 3.63) is 29.8 Å². The molecule has 0 aliphatic carbocycles. The van der Waals surface area contributed by atoms with Crippen molar-refractivity contribution < 1.29 is 14.3 Å². The Kier molecular flexibility index (Phi) is 2.30. The zero-order valence-corrected chi connectivity index (χ0v) is 9.03. The lowest BCUT2D eigenvalue weighted by atomic mass is 9.92. The highest BCUT2D eigenvalue weighted by atomic mass is 16.5. The van der Waals surface area contributed by atoms with Crippen LogP contribution in [0, 0.1) is 0 Å². The van der Waals surface area contributed by atoms with E-state index in [2.05, 4.69) is 10.6 Å². The van der Waals surface area contributed by atoms with E-state index in [-0.39, 0.29) is 5.91 Å². The summed E-state index contributed by atoms with van der Waals surface area (Å²) in [7, 11) is 1.57. The fourth-order valence-corrected chi connectivity index (χ4v) is 1.67. The first kappa shape index (κ1) is 10.5. The van der Waals surface area contributed by atoms with Gasteiger partial charge in [0.1, 0.15) is 11.3 Å². The van der Waals surface area contributed by atoms with Crippen LogP contribution in [0.3, 0.4) is 0 Å². The molecule has 84 valence electrons. The Bertz CT molecular complexity index is 441. The van der Waals surface area contributed by atoms with Crippen LogP contribution in [-0.4, -0.2) is 19.0 Å². The Morgan fingerprint density at radius 1 is 1.19 bits per heavy atom. The largest absolute Gasteiger partial charge is 0.497 e. The first-order chi connectivity index (χ1) is 7.56. The van der Waals surface area contributed by atoms with Crippen molar-refractivity contribution in [1.82, 2.24) is 10.6 Å². The Balaban J connectivity index is 2.36. The zero-order chi connectivity index (χ0) is 11.8. The van der Waals surface area contributed by atoms with Gasteiger partial charge >= 0.3 is 6.03 Å². The molecule has 3 amide bonds. The van der Waals surface area contributed by atoms with E-state index in [0.717, 1.165) is 5.56 Å². The molecule has 1 heterocycles. The van der Waals surface area contributed by atoms with Gasteiger partial charge in [0.2, 0.25) is 0 Å². The van der Waals surface area contributed by atoms with Gasteiger partial charge in [0, 0.05) is 0 Å². The van der Waals surface area contributed by atoms with E-state index in [9.17, 15) is 9.59 Å². The second kappa shape index (κ2) is 3.52. The summed E-state index contributed by atoms with van der Waals surface area (Å²) in [5.41, 5.74) is -0.278. The quantitative estimate of drug-likeness (QED) is 0.723. The van der Waals surface area contributed by atoms with Gasteiger partial charge in [-0.05, 0) is 24.6 Å². The fourth-order valence-electron chi connectivity index (χ4n) is 1.67. The highest BCUT2D eigenvalue weighted by Gasteiger charge is 2.43. The Labute approximate surface area is 92.8 Å². The molecular weight excluding hydrogens is 208 g/mol. The average molecular weight is 220 g/mol. The fraction of sp³-hybridized carbons (Fsp3) is 0.273. The van der Waals surface area contributed by atoms with Crippen LogP contribution in [0.4, 0.5) is 4.79 Å². The topological polar surface area (TPSA) is 67.4 Å². The van der Waals surface area contributed by atoms with Crippen molar-refractivity contribution >= 4 is 11.9 Å². The van der Waals surface area contributed by atoms with Crippen LogP contribution in [0.25, 0.3) is 0 Å².